The zero-order chi connectivity index (χ0) is 19.8. The summed E-state index contributed by atoms with van der Waals surface area (Å²) in [7, 11) is 1.83. The molecule has 27 heavy (non-hydrogen) atoms. The SMILES string of the molecule is CN(C(=O)c1cc2cc(Br)ccc2[nH]1)C1CCN(C(=O)OC(C)(C)C)CC1. The van der Waals surface area contributed by atoms with Crippen molar-refractivity contribution in [3.05, 3.63) is 34.4 Å². The van der Waals surface area contributed by atoms with E-state index in [0.717, 1.165) is 28.2 Å². The lowest BCUT2D eigenvalue weighted by atomic mass is 10.0. The number of rotatable bonds is 2. The quantitative estimate of drug-likeness (QED) is 0.759. The van der Waals surface area contributed by atoms with Crippen LogP contribution in [0.1, 0.15) is 44.1 Å². The van der Waals surface area contributed by atoms with Gasteiger partial charge < -0.3 is 19.5 Å². The molecule has 1 aliphatic rings. The zero-order valence-corrected chi connectivity index (χ0v) is 17.8. The Morgan fingerprint density at radius 3 is 2.52 bits per heavy atom. The normalized spacial score (nSPS) is 15.8. The summed E-state index contributed by atoms with van der Waals surface area (Å²) in [5, 5.41) is 1.00. The van der Waals surface area contributed by atoms with Crippen LogP contribution in [0.2, 0.25) is 0 Å². The van der Waals surface area contributed by atoms with Crippen LogP contribution in [-0.4, -0.2) is 58.6 Å². The molecular weight excluding hydrogens is 410 g/mol. The van der Waals surface area contributed by atoms with Crippen LogP contribution < -0.4 is 0 Å². The van der Waals surface area contributed by atoms with E-state index in [1.807, 2.05) is 52.1 Å². The van der Waals surface area contributed by atoms with Crippen LogP contribution in [0.25, 0.3) is 10.9 Å². The summed E-state index contributed by atoms with van der Waals surface area (Å²) >= 11 is 3.45. The van der Waals surface area contributed by atoms with E-state index < -0.39 is 5.60 Å². The first kappa shape index (κ1) is 19.7. The predicted molar refractivity (Wildman–Crippen MR) is 109 cm³/mol. The molecule has 1 fully saturated rings. The third-order valence-corrected chi connectivity index (χ3v) is 5.29. The number of aromatic amines is 1. The van der Waals surface area contributed by atoms with Gasteiger partial charge in [0, 0.05) is 41.6 Å². The number of H-pyrrole nitrogens is 1. The van der Waals surface area contributed by atoms with Crippen molar-refractivity contribution in [3.63, 3.8) is 0 Å². The molecule has 0 atom stereocenters. The smallest absolute Gasteiger partial charge is 0.410 e. The van der Waals surface area contributed by atoms with Crippen molar-refractivity contribution in [2.45, 2.75) is 45.3 Å². The van der Waals surface area contributed by atoms with Gasteiger partial charge in [-0.25, -0.2) is 4.79 Å². The average molecular weight is 436 g/mol. The van der Waals surface area contributed by atoms with Gasteiger partial charge >= 0.3 is 6.09 Å². The number of likely N-dealkylation sites (tertiary alicyclic amines) is 1. The number of carbonyl (C=O) groups is 2. The van der Waals surface area contributed by atoms with Crippen LogP contribution >= 0.6 is 15.9 Å². The topological polar surface area (TPSA) is 65.6 Å². The minimum atomic E-state index is -0.495. The fourth-order valence-electron chi connectivity index (χ4n) is 3.34. The zero-order valence-electron chi connectivity index (χ0n) is 16.2. The van der Waals surface area contributed by atoms with Gasteiger partial charge in [0.1, 0.15) is 11.3 Å². The number of benzene rings is 1. The molecule has 0 radical (unpaired) electrons. The fraction of sp³-hybridized carbons (Fsp3) is 0.500. The number of aromatic nitrogens is 1. The highest BCUT2D eigenvalue weighted by atomic mass is 79.9. The summed E-state index contributed by atoms with van der Waals surface area (Å²) in [6, 6.07) is 7.88. The summed E-state index contributed by atoms with van der Waals surface area (Å²) in [5.74, 6) is -0.0296. The molecular formula is C20H26BrN3O3. The summed E-state index contributed by atoms with van der Waals surface area (Å²) in [6.45, 7) is 6.78. The highest BCUT2D eigenvalue weighted by Gasteiger charge is 2.30. The number of amides is 2. The highest BCUT2D eigenvalue weighted by molar-refractivity contribution is 9.10. The van der Waals surface area contributed by atoms with E-state index >= 15 is 0 Å². The van der Waals surface area contributed by atoms with Gasteiger partial charge in [0.15, 0.2) is 0 Å². The second kappa shape index (κ2) is 7.54. The third-order valence-electron chi connectivity index (χ3n) is 4.80. The Balaban J connectivity index is 1.62. The second-order valence-electron chi connectivity index (χ2n) is 8.03. The molecule has 2 aromatic rings. The summed E-state index contributed by atoms with van der Waals surface area (Å²) < 4.78 is 6.41. The minimum absolute atomic E-state index is 0.0296. The molecule has 7 heteroatoms. The van der Waals surface area contributed by atoms with Crippen LogP contribution in [0.15, 0.2) is 28.7 Å². The van der Waals surface area contributed by atoms with Crippen molar-refractivity contribution in [1.82, 2.24) is 14.8 Å². The van der Waals surface area contributed by atoms with E-state index in [9.17, 15) is 9.59 Å². The molecule has 0 saturated carbocycles. The largest absolute Gasteiger partial charge is 0.444 e. The molecule has 1 saturated heterocycles. The first-order chi connectivity index (χ1) is 12.6. The van der Waals surface area contributed by atoms with Gasteiger partial charge in [0.05, 0.1) is 0 Å². The molecule has 146 valence electrons. The number of piperidine rings is 1. The van der Waals surface area contributed by atoms with Crippen molar-refractivity contribution >= 4 is 38.8 Å². The lowest BCUT2D eigenvalue weighted by molar-refractivity contribution is 0.0159. The molecule has 0 bridgehead atoms. The Bertz CT molecular complexity index is 848. The van der Waals surface area contributed by atoms with Crippen molar-refractivity contribution in [3.8, 4) is 0 Å². The van der Waals surface area contributed by atoms with Crippen molar-refractivity contribution in [2.24, 2.45) is 0 Å². The van der Waals surface area contributed by atoms with E-state index in [1.165, 1.54) is 0 Å². The number of nitrogens with zero attached hydrogens (tertiary/aromatic N) is 2. The third kappa shape index (κ3) is 4.64. The van der Waals surface area contributed by atoms with Crippen LogP contribution in [0.3, 0.4) is 0 Å². The van der Waals surface area contributed by atoms with Crippen LogP contribution in [-0.2, 0) is 4.74 Å². The molecule has 0 unspecified atom stereocenters. The Hall–Kier alpha value is -2.02. The van der Waals surface area contributed by atoms with Crippen molar-refractivity contribution in [1.29, 1.82) is 0 Å². The number of ether oxygens (including phenoxy) is 1. The molecule has 2 amide bonds. The maximum atomic E-state index is 12.9. The first-order valence-corrected chi connectivity index (χ1v) is 9.97. The molecule has 1 aromatic heterocycles. The van der Waals surface area contributed by atoms with Gasteiger partial charge in [-0.1, -0.05) is 15.9 Å². The van der Waals surface area contributed by atoms with Crippen LogP contribution in [0.5, 0.6) is 0 Å². The predicted octanol–water partition coefficient (Wildman–Crippen LogP) is 4.40. The van der Waals surface area contributed by atoms with E-state index in [0.29, 0.717) is 18.8 Å². The summed E-state index contributed by atoms with van der Waals surface area (Å²) in [4.78, 5) is 31.8. The number of fused-ring (bicyclic) bond motifs is 1. The van der Waals surface area contributed by atoms with Crippen molar-refractivity contribution in [2.75, 3.05) is 20.1 Å². The van der Waals surface area contributed by atoms with E-state index in [1.54, 1.807) is 9.80 Å². The van der Waals surface area contributed by atoms with E-state index in [2.05, 4.69) is 20.9 Å². The standard InChI is InChI=1S/C20H26BrN3O3/c1-20(2,3)27-19(26)24-9-7-15(8-10-24)23(4)18(25)17-12-13-11-14(21)5-6-16(13)22-17/h5-6,11-12,15,22H,7-10H2,1-4H3. The maximum Gasteiger partial charge on any atom is 0.410 e. The average Bonchev–Trinajstić information content (AvgIpc) is 3.02. The molecule has 3 rings (SSSR count). The number of carbonyl (C=O) groups excluding carboxylic acids is 2. The first-order valence-electron chi connectivity index (χ1n) is 9.17. The van der Waals surface area contributed by atoms with Gasteiger partial charge in [-0.15, -0.1) is 0 Å². The van der Waals surface area contributed by atoms with Crippen molar-refractivity contribution < 1.29 is 14.3 Å². The Labute approximate surface area is 168 Å². The number of hydrogen-bond donors (Lipinski definition) is 1. The van der Waals surface area contributed by atoms with Gasteiger partial charge in [0.2, 0.25) is 0 Å². The second-order valence-corrected chi connectivity index (χ2v) is 8.94. The molecule has 1 N–H and O–H groups in total. The molecule has 1 aromatic carbocycles. The number of nitrogens with one attached hydrogen (secondary N) is 1. The number of halogens is 1. The number of hydrogen-bond acceptors (Lipinski definition) is 3. The van der Waals surface area contributed by atoms with Crippen LogP contribution in [0.4, 0.5) is 4.79 Å². The van der Waals surface area contributed by atoms with Gasteiger partial charge in [-0.3, -0.25) is 4.79 Å². The summed E-state index contributed by atoms with van der Waals surface area (Å²) in [6.07, 6.45) is 1.21. The summed E-state index contributed by atoms with van der Waals surface area (Å²) in [5.41, 5.74) is 1.03. The van der Waals surface area contributed by atoms with Gasteiger partial charge in [-0.2, -0.15) is 0 Å². The molecule has 0 aliphatic carbocycles. The Morgan fingerprint density at radius 1 is 1.22 bits per heavy atom. The maximum absolute atomic E-state index is 12.9. The minimum Gasteiger partial charge on any atom is -0.444 e. The lowest BCUT2D eigenvalue weighted by Gasteiger charge is -2.37. The monoisotopic (exact) mass is 435 g/mol. The molecule has 2 heterocycles. The fourth-order valence-corrected chi connectivity index (χ4v) is 3.72. The van der Waals surface area contributed by atoms with E-state index in [-0.39, 0.29) is 18.0 Å². The van der Waals surface area contributed by atoms with Gasteiger partial charge in [-0.05, 0) is 57.9 Å². The molecule has 1 aliphatic heterocycles. The van der Waals surface area contributed by atoms with Gasteiger partial charge in [0.25, 0.3) is 5.91 Å². The molecule has 0 spiro atoms. The lowest BCUT2D eigenvalue weighted by Crippen LogP contribution is -2.48. The molecule has 6 nitrogen and oxygen atoms in total. The van der Waals surface area contributed by atoms with E-state index in [4.69, 9.17) is 4.74 Å². The Morgan fingerprint density at radius 2 is 1.89 bits per heavy atom. The van der Waals surface area contributed by atoms with Crippen LogP contribution in [0, 0.1) is 0 Å². The highest BCUT2D eigenvalue weighted by Crippen LogP contribution is 2.23. The Kier molecular flexibility index (Phi) is 5.51.